The third kappa shape index (κ3) is 5.71. The maximum absolute atomic E-state index is 2.43. The van der Waals surface area contributed by atoms with Crippen molar-refractivity contribution >= 4 is 16.9 Å². The van der Waals surface area contributed by atoms with Crippen LogP contribution in [0.3, 0.4) is 0 Å². The standard InChI is InChI=1S/C42H33N/c1-5-13-32(14-6-1)34-21-25-38(26-22-34)43(39-27-23-35(24-28-39)33-15-7-2-8-16-33)40-29-30-41(36-17-9-3-10-18-36)42(31-40)37-19-11-4-12-20-37/h1-30,42H,31H2. The molecule has 1 heteroatoms. The zero-order valence-electron chi connectivity index (χ0n) is 24.1. The van der Waals surface area contributed by atoms with Gasteiger partial charge in [-0.15, -0.1) is 0 Å². The van der Waals surface area contributed by atoms with Crippen LogP contribution in [-0.2, 0) is 0 Å². The van der Waals surface area contributed by atoms with Crippen LogP contribution >= 0.6 is 0 Å². The SMILES string of the molecule is C1=C(c2ccccc2)C(c2ccccc2)CC(N(c2ccc(-c3ccccc3)cc2)c2ccc(-c3ccccc3)cc2)=C1. The molecule has 0 bridgehead atoms. The van der Waals surface area contributed by atoms with Crippen LogP contribution in [-0.4, -0.2) is 0 Å². The summed E-state index contributed by atoms with van der Waals surface area (Å²) < 4.78 is 0. The van der Waals surface area contributed by atoms with Gasteiger partial charge in [-0.3, -0.25) is 0 Å². The van der Waals surface area contributed by atoms with E-state index in [-0.39, 0.29) is 5.92 Å². The molecule has 0 fully saturated rings. The van der Waals surface area contributed by atoms with Gasteiger partial charge in [0.25, 0.3) is 0 Å². The van der Waals surface area contributed by atoms with Crippen LogP contribution in [0.5, 0.6) is 0 Å². The van der Waals surface area contributed by atoms with Crippen molar-refractivity contribution < 1.29 is 0 Å². The van der Waals surface area contributed by atoms with Crippen molar-refractivity contribution in [3.63, 3.8) is 0 Å². The van der Waals surface area contributed by atoms with Gasteiger partial charge in [0, 0.05) is 23.0 Å². The summed E-state index contributed by atoms with van der Waals surface area (Å²) in [6, 6.07) is 60.8. The lowest BCUT2D eigenvalue weighted by molar-refractivity contribution is 0.811. The summed E-state index contributed by atoms with van der Waals surface area (Å²) in [5.41, 5.74) is 12.4. The first-order valence-corrected chi connectivity index (χ1v) is 15.0. The highest BCUT2D eigenvalue weighted by atomic mass is 15.1. The van der Waals surface area contributed by atoms with Gasteiger partial charge in [-0.2, -0.15) is 0 Å². The van der Waals surface area contributed by atoms with Crippen molar-refractivity contribution in [2.24, 2.45) is 0 Å². The topological polar surface area (TPSA) is 3.24 Å². The summed E-state index contributed by atoms with van der Waals surface area (Å²) in [5.74, 6) is 0.248. The number of nitrogens with zero attached hydrogens (tertiary/aromatic N) is 1. The first-order chi connectivity index (χ1) is 21.3. The van der Waals surface area contributed by atoms with E-state index in [9.17, 15) is 0 Å². The normalized spacial score (nSPS) is 14.5. The monoisotopic (exact) mass is 551 g/mol. The Morgan fingerprint density at radius 2 is 0.767 bits per heavy atom. The largest absolute Gasteiger partial charge is 0.314 e. The van der Waals surface area contributed by atoms with Gasteiger partial charge >= 0.3 is 0 Å². The molecule has 0 N–H and O–H groups in total. The Kier molecular flexibility index (Phi) is 7.53. The molecule has 6 aromatic carbocycles. The Morgan fingerprint density at radius 1 is 0.372 bits per heavy atom. The third-order valence-corrected chi connectivity index (χ3v) is 8.31. The molecule has 1 unspecified atom stereocenters. The molecule has 1 nitrogen and oxygen atoms in total. The molecule has 0 heterocycles. The van der Waals surface area contributed by atoms with Crippen LogP contribution in [0.15, 0.2) is 188 Å². The van der Waals surface area contributed by atoms with E-state index in [0.717, 1.165) is 17.8 Å². The average molecular weight is 552 g/mol. The van der Waals surface area contributed by atoms with Crippen molar-refractivity contribution in [1.82, 2.24) is 0 Å². The molecular formula is C42H33N. The highest BCUT2D eigenvalue weighted by molar-refractivity contribution is 5.79. The molecule has 0 spiro atoms. The quantitative estimate of drug-likeness (QED) is 0.191. The summed E-state index contributed by atoms with van der Waals surface area (Å²) in [6.07, 6.45) is 5.54. The second kappa shape index (κ2) is 12.2. The summed E-state index contributed by atoms with van der Waals surface area (Å²) in [4.78, 5) is 2.43. The van der Waals surface area contributed by atoms with E-state index in [1.807, 2.05) is 0 Å². The number of anilines is 2. The highest BCUT2D eigenvalue weighted by Crippen LogP contribution is 2.44. The zero-order valence-corrected chi connectivity index (χ0v) is 24.1. The van der Waals surface area contributed by atoms with Gasteiger partial charge < -0.3 is 4.90 Å². The molecule has 7 rings (SSSR count). The van der Waals surface area contributed by atoms with Gasteiger partial charge in [-0.05, 0) is 75.7 Å². The Balaban J connectivity index is 1.32. The van der Waals surface area contributed by atoms with Gasteiger partial charge in [-0.1, -0.05) is 152 Å². The van der Waals surface area contributed by atoms with Crippen LogP contribution in [0.2, 0.25) is 0 Å². The molecule has 0 saturated carbocycles. The van der Waals surface area contributed by atoms with Gasteiger partial charge in [0.15, 0.2) is 0 Å². The minimum Gasteiger partial charge on any atom is -0.314 e. The van der Waals surface area contributed by atoms with Crippen LogP contribution in [0.1, 0.15) is 23.5 Å². The first kappa shape index (κ1) is 26.5. The smallest absolute Gasteiger partial charge is 0.0458 e. The maximum Gasteiger partial charge on any atom is 0.0458 e. The molecule has 43 heavy (non-hydrogen) atoms. The molecule has 0 radical (unpaired) electrons. The molecule has 0 amide bonds. The lowest BCUT2D eigenvalue weighted by Gasteiger charge is -2.34. The number of hydrogen-bond acceptors (Lipinski definition) is 1. The van der Waals surface area contributed by atoms with Crippen molar-refractivity contribution in [1.29, 1.82) is 0 Å². The minimum absolute atomic E-state index is 0.248. The molecule has 1 atom stereocenters. The van der Waals surface area contributed by atoms with E-state index in [1.165, 1.54) is 44.7 Å². The zero-order chi connectivity index (χ0) is 28.8. The number of benzene rings is 6. The van der Waals surface area contributed by atoms with E-state index in [1.54, 1.807) is 0 Å². The van der Waals surface area contributed by atoms with Crippen LogP contribution in [0.25, 0.3) is 27.8 Å². The second-order valence-electron chi connectivity index (χ2n) is 11.0. The van der Waals surface area contributed by atoms with E-state index < -0.39 is 0 Å². The summed E-state index contributed by atoms with van der Waals surface area (Å²) in [5, 5.41) is 0. The molecular weight excluding hydrogens is 518 g/mol. The summed E-state index contributed by atoms with van der Waals surface area (Å²) in [7, 11) is 0. The lowest BCUT2D eigenvalue weighted by Crippen LogP contribution is -2.21. The number of rotatable bonds is 7. The molecule has 1 aliphatic carbocycles. The Morgan fingerprint density at radius 3 is 1.23 bits per heavy atom. The number of hydrogen-bond donors (Lipinski definition) is 0. The summed E-state index contributed by atoms with van der Waals surface area (Å²) >= 11 is 0. The molecule has 0 saturated heterocycles. The second-order valence-corrected chi connectivity index (χ2v) is 11.0. The molecule has 6 aromatic rings. The Hall–Kier alpha value is -5.40. The Labute approximate surface area is 254 Å². The molecule has 206 valence electrons. The first-order valence-electron chi connectivity index (χ1n) is 15.0. The van der Waals surface area contributed by atoms with E-state index >= 15 is 0 Å². The fraction of sp³-hybridized carbons (Fsp3) is 0.0476. The summed E-state index contributed by atoms with van der Waals surface area (Å²) in [6.45, 7) is 0. The number of allylic oxidation sites excluding steroid dienone is 4. The average Bonchev–Trinajstić information content (AvgIpc) is 3.10. The third-order valence-electron chi connectivity index (χ3n) is 8.31. The van der Waals surface area contributed by atoms with Crippen molar-refractivity contribution in [3.05, 3.63) is 199 Å². The van der Waals surface area contributed by atoms with Crippen LogP contribution in [0, 0.1) is 0 Å². The van der Waals surface area contributed by atoms with Gasteiger partial charge in [0.05, 0.1) is 0 Å². The molecule has 0 aliphatic heterocycles. The van der Waals surface area contributed by atoms with Crippen molar-refractivity contribution in [2.75, 3.05) is 4.90 Å². The molecule has 1 aliphatic rings. The minimum atomic E-state index is 0.248. The highest BCUT2D eigenvalue weighted by Gasteiger charge is 2.26. The fourth-order valence-corrected chi connectivity index (χ4v) is 6.11. The van der Waals surface area contributed by atoms with Gasteiger partial charge in [0.2, 0.25) is 0 Å². The fourth-order valence-electron chi connectivity index (χ4n) is 6.11. The van der Waals surface area contributed by atoms with Crippen molar-refractivity contribution in [3.8, 4) is 22.3 Å². The molecule has 0 aromatic heterocycles. The van der Waals surface area contributed by atoms with Gasteiger partial charge in [0.1, 0.15) is 0 Å². The lowest BCUT2D eigenvalue weighted by atomic mass is 9.80. The van der Waals surface area contributed by atoms with Gasteiger partial charge in [-0.25, -0.2) is 0 Å². The predicted octanol–water partition coefficient (Wildman–Crippen LogP) is 11.3. The predicted molar refractivity (Wildman–Crippen MR) is 182 cm³/mol. The van der Waals surface area contributed by atoms with Crippen LogP contribution in [0.4, 0.5) is 11.4 Å². The Bertz CT molecular complexity index is 1750. The van der Waals surface area contributed by atoms with E-state index in [4.69, 9.17) is 0 Å². The van der Waals surface area contributed by atoms with E-state index in [0.29, 0.717) is 0 Å². The van der Waals surface area contributed by atoms with Crippen LogP contribution < -0.4 is 4.90 Å². The maximum atomic E-state index is 2.43. The van der Waals surface area contributed by atoms with E-state index in [2.05, 4.69) is 187 Å². The van der Waals surface area contributed by atoms with Crippen molar-refractivity contribution in [2.45, 2.75) is 12.3 Å².